The van der Waals surface area contributed by atoms with E-state index >= 15 is 0 Å². The fraction of sp³-hybridized carbons (Fsp3) is 0.733. The number of nitrogens with one attached hydrogen (secondary N) is 1. The summed E-state index contributed by atoms with van der Waals surface area (Å²) in [6, 6.07) is 0. The number of carboxylic acid groups (broad SMARTS) is 1. The summed E-state index contributed by atoms with van der Waals surface area (Å²) >= 11 is 0. The number of hydrogen-bond donors (Lipinski definition) is 2. The molecule has 4 nitrogen and oxygen atoms in total. The Morgan fingerprint density at radius 3 is 2.68 bits per heavy atom. The average Bonchev–Trinajstić information content (AvgIpc) is 2.80. The maximum atomic E-state index is 11.1. The van der Waals surface area contributed by atoms with Crippen LogP contribution >= 0.6 is 0 Å². The Balaban J connectivity index is 2.15. The van der Waals surface area contributed by atoms with Crippen LogP contribution in [0.2, 0.25) is 0 Å². The average molecular weight is 264 g/mol. The van der Waals surface area contributed by atoms with Crippen molar-refractivity contribution in [3.8, 4) is 0 Å². The van der Waals surface area contributed by atoms with Crippen molar-refractivity contribution in [1.82, 2.24) is 9.97 Å². The molecule has 106 valence electrons. The summed E-state index contributed by atoms with van der Waals surface area (Å²) in [6.07, 6.45) is 6.77. The summed E-state index contributed by atoms with van der Waals surface area (Å²) in [5.74, 6) is 0.667. The van der Waals surface area contributed by atoms with Crippen molar-refractivity contribution in [2.45, 2.75) is 64.7 Å². The molecule has 1 heterocycles. The Hall–Kier alpha value is -1.32. The van der Waals surface area contributed by atoms with Crippen LogP contribution in [-0.2, 0) is 17.6 Å². The highest BCUT2D eigenvalue weighted by atomic mass is 16.4. The predicted molar refractivity (Wildman–Crippen MR) is 74.3 cm³/mol. The Morgan fingerprint density at radius 1 is 1.42 bits per heavy atom. The molecular weight excluding hydrogens is 240 g/mol. The quantitative estimate of drug-likeness (QED) is 0.828. The smallest absolute Gasteiger partial charge is 0.306 e. The van der Waals surface area contributed by atoms with Gasteiger partial charge in [0.25, 0.3) is 0 Å². The molecule has 0 saturated heterocycles. The van der Waals surface area contributed by atoms with Gasteiger partial charge in [-0.3, -0.25) is 4.79 Å². The van der Waals surface area contributed by atoms with Crippen LogP contribution in [0, 0.1) is 5.92 Å². The number of nitrogens with zero attached hydrogens (tertiary/aromatic N) is 1. The third-order valence-corrected chi connectivity index (χ3v) is 4.07. The molecule has 0 saturated carbocycles. The molecule has 0 aliphatic heterocycles. The van der Waals surface area contributed by atoms with Gasteiger partial charge in [0.1, 0.15) is 5.82 Å². The zero-order valence-electron chi connectivity index (χ0n) is 11.9. The van der Waals surface area contributed by atoms with E-state index in [0.29, 0.717) is 12.3 Å². The molecule has 1 unspecified atom stereocenters. The fourth-order valence-corrected chi connectivity index (χ4v) is 3.02. The van der Waals surface area contributed by atoms with E-state index in [2.05, 4.69) is 18.8 Å². The molecule has 0 bridgehead atoms. The first-order valence-electron chi connectivity index (χ1n) is 7.46. The summed E-state index contributed by atoms with van der Waals surface area (Å²) in [5, 5.41) is 9.11. The van der Waals surface area contributed by atoms with Crippen molar-refractivity contribution in [1.29, 1.82) is 0 Å². The van der Waals surface area contributed by atoms with Crippen molar-refractivity contribution >= 4 is 5.97 Å². The minimum atomic E-state index is -0.680. The monoisotopic (exact) mass is 264 g/mol. The van der Waals surface area contributed by atoms with E-state index in [1.54, 1.807) is 0 Å². The molecule has 2 rings (SSSR count). The summed E-state index contributed by atoms with van der Waals surface area (Å²) in [7, 11) is 0. The first-order valence-corrected chi connectivity index (χ1v) is 7.46. The molecule has 0 aromatic carbocycles. The van der Waals surface area contributed by atoms with Crippen molar-refractivity contribution < 1.29 is 9.90 Å². The minimum absolute atomic E-state index is 0.239. The highest BCUT2D eigenvalue weighted by molar-refractivity contribution is 5.70. The molecule has 0 fully saturated rings. The Morgan fingerprint density at radius 2 is 2.11 bits per heavy atom. The van der Waals surface area contributed by atoms with Crippen molar-refractivity contribution in [2.75, 3.05) is 0 Å². The third-order valence-electron chi connectivity index (χ3n) is 4.07. The molecule has 19 heavy (non-hydrogen) atoms. The van der Waals surface area contributed by atoms with Crippen LogP contribution in [0.5, 0.6) is 0 Å². The molecule has 0 amide bonds. The van der Waals surface area contributed by atoms with Crippen LogP contribution in [0.15, 0.2) is 0 Å². The van der Waals surface area contributed by atoms with E-state index in [1.165, 1.54) is 0 Å². The molecule has 1 aromatic heterocycles. The molecule has 1 aliphatic carbocycles. The van der Waals surface area contributed by atoms with Crippen LogP contribution in [0.3, 0.4) is 0 Å². The number of fused-ring (bicyclic) bond motifs is 1. The lowest BCUT2D eigenvalue weighted by molar-refractivity contribution is -0.142. The zero-order chi connectivity index (χ0) is 13.8. The largest absolute Gasteiger partial charge is 0.481 e. The van der Waals surface area contributed by atoms with Gasteiger partial charge in [-0.05, 0) is 25.7 Å². The molecule has 2 N–H and O–H groups in total. The first-order chi connectivity index (χ1) is 9.15. The van der Waals surface area contributed by atoms with E-state index in [-0.39, 0.29) is 5.92 Å². The van der Waals surface area contributed by atoms with Crippen molar-refractivity contribution in [3.05, 3.63) is 17.2 Å². The highest BCUT2D eigenvalue weighted by Crippen LogP contribution is 2.29. The van der Waals surface area contributed by atoms with E-state index < -0.39 is 5.97 Å². The molecular formula is C15H24N2O2. The second-order valence-electron chi connectivity index (χ2n) is 5.60. The summed E-state index contributed by atoms with van der Waals surface area (Å²) < 4.78 is 0. The molecule has 1 aromatic rings. The van der Waals surface area contributed by atoms with E-state index in [0.717, 1.165) is 55.7 Å². The van der Waals surface area contributed by atoms with Crippen molar-refractivity contribution in [3.63, 3.8) is 0 Å². The number of carboxylic acids is 1. The maximum Gasteiger partial charge on any atom is 0.306 e. The number of carbonyl (C=O) groups is 1. The number of hydrogen-bond acceptors (Lipinski definition) is 2. The summed E-state index contributed by atoms with van der Waals surface area (Å²) in [5.41, 5.74) is 2.16. The van der Waals surface area contributed by atoms with Crippen LogP contribution in [-0.4, -0.2) is 21.0 Å². The van der Waals surface area contributed by atoms with E-state index in [4.69, 9.17) is 10.1 Å². The van der Waals surface area contributed by atoms with Crippen LogP contribution in [0.1, 0.15) is 69.1 Å². The molecule has 4 heteroatoms. The standard InChI is InChI=1S/C15H24N2O2/c1-3-5-10(6-4-2)14-16-12-8-7-11(15(18)19)9-13(12)17-14/h10-11H,3-9H2,1-2H3,(H,16,17)(H,18,19). The van der Waals surface area contributed by atoms with Crippen LogP contribution in [0.25, 0.3) is 0 Å². The first kappa shape index (κ1) is 14.1. The zero-order valence-corrected chi connectivity index (χ0v) is 11.9. The van der Waals surface area contributed by atoms with Gasteiger partial charge in [-0.2, -0.15) is 0 Å². The fourth-order valence-electron chi connectivity index (χ4n) is 3.02. The Kier molecular flexibility index (Phi) is 4.61. The minimum Gasteiger partial charge on any atom is -0.481 e. The number of aliphatic carboxylic acids is 1. The molecule has 1 atom stereocenters. The second-order valence-corrected chi connectivity index (χ2v) is 5.60. The van der Waals surface area contributed by atoms with Crippen LogP contribution in [0.4, 0.5) is 0 Å². The second kappa shape index (κ2) is 6.22. The van der Waals surface area contributed by atoms with E-state index in [1.807, 2.05) is 0 Å². The summed E-state index contributed by atoms with van der Waals surface area (Å²) in [6.45, 7) is 4.40. The number of aromatic nitrogens is 2. The lowest BCUT2D eigenvalue weighted by atomic mass is 9.90. The number of aromatic amines is 1. The lowest BCUT2D eigenvalue weighted by Gasteiger charge is -2.16. The van der Waals surface area contributed by atoms with Gasteiger partial charge in [0.05, 0.1) is 11.6 Å². The van der Waals surface area contributed by atoms with Crippen LogP contribution < -0.4 is 0 Å². The predicted octanol–water partition coefficient (Wildman–Crippen LogP) is 3.28. The van der Waals surface area contributed by atoms with Gasteiger partial charge in [0.15, 0.2) is 0 Å². The van der Waals surface area contributed by atoms with Gasteiger partial charge in [-0.1, -0.05) is 26.7 Å². The van der Waals surface area contributed by atoms with Gasteiger partial charge in [0.2, 0.25) is 0 Å². The lowest BCUT2D eigenvalue weighted by Crippen LogP contribution is -2.22. The number of aryl methyl sites for hydroxylation is 1. The number of rotatable bonds is 6. The topological polar surface area (TPSA) is 66.0 Å². The summed E-state index contributed by atoms with van der Waals surface area (Å²) in [4.78, 5) is 19.2. The van der Waals surface area contributed by atoms with Crippen molar-refractivity contribution in [2.24, 2.45) is 5.92 Å². The third kappa shape index (κ3) is 3.17. The Labute approximate surface area is 114 Å². The van der Waals surface area contributed by atoms with Gasteiger partial charge in [-0.15, -0.1) is 0 Å². The SMILES string of the molecule is CCCC(CCC)c1nc2c([nH]1)CC(C(=O)O)CC2. The van der Waals surface area contributed by atoms with Gasteiger partial charge in [0, 0.05) is 18.0 Å². The number of H-pyrrole nitrogens is 1. The van der Waals surface area contributed by atoms with Gasteiger partial charge >= 0.3 is 5.97 Å². The van der Waals surface area contributed by atoms with E-state index in [9.17, 15) is 4.79 Å². The molecule has 0 spiro atoms. The normalized spacial score (nSPS) is 18.6. The molecule has 1 aliphatic rings. The molecule has 0 radical (unpaired) electrons. The highest BCUT2D eigenvalue weighted by Gasteiger charge is 2.27. The van der Waals surface area contributed by atoms with Gasteiger partial charge < -0.3 is 10.1 Å². The number of imidazole rings is 1. The Bertz CT molecular complexity index is 433. The maximum absolute atomic E-state index is 11.1. The van der Waals surface area contributed by atoms with Gasteiger partial charge in [-0.25, -0.2) is 4.98 Å².